The second-order valence-corrected chi connectivity index (χ2v) is 5.25. The van der Waals surface area contributed by atoms with Crippen molar-refractivity contribution in [3.8, 4) is 6.07 Å². The zero-order chi connectivity index (χ0) is 12.6. The molecule has 96 valence electrons. The van der Waals surface area contributed by atoms with Crippen molar-refractivity contribution in [1.29, 1.82) is 5.26 Å². The van der Waals surface area contributed by atoms with Crippen LogP contribution in [0, 0.1) is 11.3 Å². The number of hydrogen-bond acceptors (Lipinski definition) is 5. The molecule has 0 amide bonds. The largest absolute Gasteiger partial charge is 0.315 e. The molecule has 1 N–H and O–H groups in total. The van der Waals surface area contributed by atoms with Gasteiger partial charge in [0.05, 0.1) is 12.6 Å². The first kappa shape index (κ1) is 11.6. The molecule has 18 heavy (non-hydrogen) atoms. The Hall–Kier alpha value is -1.45. The third kappa shape index (κ3) is 1.80. The van der Waals surface area contributed by atoms with Crippen molar-refractivity contribution in [3.05, 3.63) is 12.2 Å². The minimum atomic E-state index is -0.324. The molecule has 1 saturated carbocycles. The van der Waals surface area contributed by atoms with Crippen LogP contribution in [-0.2, 0) is 13.1 Å². The topological polar surface area (TPSA) is 69.8 Å². The van der Waals surface area contributed by atoms with Crippen LogP contribution in [0.25, 0.3) is 0 Å². The van der Waals surface area contributed by atoms with Gasteiger partial charge in [0.2, 0.25) is 0 Å². The molecular weight excluding hydrogens is 228 g/mol. The highest BCUT2D eigenvalue weighted by Gasteiger charge is 2.41. The van der Waals surface area contributed by atoms with Crippen LogP contribution in [0.1, 0.15) is 25.1 Å². The van der Waals surface area contributed by atoms with E-state index < -0.39 is 0 Å². The predicted molar refractivity (Wildman–Crippen MR) is 65.5 cm³/mol. The van der Waals surface area contributed by atoms with E-state index in [-0.39, 0.29) is 5.54 Å². The minimum Gasteiger partial charge on any atom is -0.315 e. The zero-order valence-corrected chi connectivity index (χ0v) is 10.6. The summed E-state index contributed by atoms with van der Waals surface area (Å²) in [7, 11) is 1.89. The van der Waals surface area contributed by atoms with Gasteiger partial charge in [-0.05, 0) is 26.3 Å². The van der Waals surface area contributed by atoms with Crippen LogP contribution in [0.3, 0.4) is 0 Å². The van der Waals surface area contributed by atoms with Crippen molar-refractivity contribution in [3.63, 3.8) is 0 Å². The van der Waals surface area contributed by atoms with Crippen molar-refractivity contribution in [2.45, 2.75) is 43.9 Å². The number of hydrogen-bond donors (Lipinski definition) is 1. The van der Waals surface area contributed by atoms with E-state index in [0.29, 0.717) is 6.04 Å². The lowest BCUT2D eigenvalue weighted by molar-refractivity contribution is 0.150. The van der Waals surface area contributed by atoms with Crippen molar-refractivity contribution >= 4 is 0 Å². The van der Waals surface area contributed by atoms with E-state index >= 15 is 0 Å². The highest BCUT2D eigenvalue weighted by molar-refractivity contribution is 5.13. The second-order valence-electron chi connectivity index (χ2n) is 5.25. The standard InChI is InChI=1S/C12H18N6/c1-14-12(8-13)3-2-10(6-12)17-4-5-18-9-15-16-11(18)7-17/h9-10,14H,2-7H2,1H3. The molecule has 1 aliphatic heterocycles. The summed E-state index contributed by atoms with van der Waals surface area (Å²) < 4.78 is 2.11. The number of nitriles is 1. The number of rotatable bonds is 2. The normalized spacial score (nSPS) is 32.1. The van der Waals surface area contributed by atoms with Gasteiger partial charge >= 0.3 is 0 Å². The monoisotopic (exact) mass is 246 g/mol. The molecule has 6 nitrogen and oxygen atoms in total. The van der Waals surface area contributed by atoms with E-state index in [4.69, 9.17) is 0 Å². The summed E-state index contributed by atoms with van der Waals surface area (Å²) in [6.07, 6.45) is 4.74. The lowest BCUT2D eigenvalue weighted by Gasteiger charge is -2.32. The van der Waals surface area contributed by atoms with Gasteiger partial charge in [0, 0.05) is 19.1 Å². The van der Waals surface area contributed by atoms with Crippen LogP contribution in [-0.4, -0.2) is 44.8 Å². The molecule has 0 aromatic carbocycles. The number of nitrogens with one attached hydrogen (secondary N) is 1. The molecule has 0 spiro atoms. The van der Waals surface area contributed by atoms with Crippen LogP contribution in [0.2, 0.25) is 0 Å². The maximum Gasteiger partial charge on any atom is 0.147 e. The fourth-order valence-corrected chi connectivity index (χ4v) is 3.11. The summed E-state index contributed by atoms with van der Waals surface area (Å²) in [5, 5.41) is 20.6. The van der Waals surface area contributed by atoms with E-state index in [2.05, 4.69) is 31.1 Å². The number of nitrogens with zero attached hydrogens (tertiary/aromatic N) is 5. The van der Waals surface area contributed by atoms with Gasteiger partial charge in [-0.1, -0.05) is 0 Å². The Morgan fingerprint density at radius 3 is 3.17 bits per heavy atom. The zero-order valence-electron chi connectivity index (χ0n) is 10.6. The number of fused-ring (bicyclic) bond motifs is 1. The van der Waals surface area contributed by atoms with E-state index in [1.807, 2.05) is 7.05 Å². The molecular formula is C12H18N6. The molecule has 2 heterocycles. The Morgan fingerprint density at radius 2 is 2.44 bits per heavy atom. The van der Waals surface area contributed by atoms with Gasteiger partial charge in [-0.2, -0.15) is 5.26 Å². The van der Waals surface area contributed by atoms with E-state index in [9.17, 15) is 5.26 Å². The Kier molecular flexibility index (Phi) is 2.80. The van der Waals surface area contributed by atoms with Crippen LogP contribution in [0.15, 0.2) is 6.33 Å². The summed E-state index contributed by atoms with van der Waals surface area (Å²) >= 11 is 0. The summed E-state index contributed by atoms with van der Waals surface area (Å²) in [6, 6.07) is 2.93. The van der Waals surface area contributed by atoms with Crippen LogP contribution in [0.5, 0.6) is 0 Å². The highest BCUT2D eigenvalue weighted by atomic mass is 15.3. The first-order valence-electron chi connectivity index (χ1n) is 6.47. The van der Waals surface area contributed by atoms with Gasteiger partial charge in [-0.15, -0.1) is 10.2 Å². The third-order valence-corrected chi connectivity index (χ3v) is 4.37. The molecule has 6 heteroatoms. The summed E-state index contributed by atoms with van der Waals surface area (Å²) in [5.41, 5.74) is -0.324. The van der Waals surface area contributed by atoms with Crippen LogP contribution in [0.4, 0.5) is 0 Å². The molecule has 1 aliphatic carbocycles. The number of aromatic nitrogens is 3. The maximum atomic E-state index is 9.30. The van der Waals surface area contributed by atoms with E-state index in [1.54, 1.807) is 6.33 Å². The average Bonchev–Trinajstić information content (AvgIpc) is 3.05. The lowest BCUT2D eigenvalue weighted by Crippen LogP contribution is -2.44. The van der Waals surface area contributed by atoms with Crippen molar-refractivity contribution in [2.24, 2.45) is 0 Å². The van der Waals surface area contributed by atoms with Gasteiger partial charge in [0.1, 0.15) is 17.7 Å². The molecule has 1 aromatic rings. The van der Waals surface area contributed by atoms with Crippen LogP contribution >= 0.6 is 0 Å². The molecule has 2 unspecified atom stereocenters. The molecule has 2 aliphatic rings. The molecule has 2 atom stereocenters. The fraction of sp³-hybridized carbons (Fsp3) is 0.750. The van der Waals surface area contributed by atoms with Gasteiger partial charge < -0.3 is 9.88 Å². The van der Waals surface area contributed by atoms with Crippen LogP contribution < -0.4 is 5.32 Å². The predicted octanol–water partition coefficient (Wildman–Crippen LogP) is 0.128. The molecule has 1 fully saturated rings. The Bertz CT molecular complexity index is 475. The molecule has 1 aromatic heterocycles. The van der Waals surface area contributed by atoms with Gasteiger partial charge in [0.25, 0.3) is 0 Å². The average molecular weight is 246 g/mol. The maximum absolute atomic E-state index is 9.30. The molecule has 0 radical (unpaired) electrons. The lowest BCUT2D eigenvalue weighted by atomic mass is 10.00. The minimum absolute atomic E-state index is 0.324. The Morgan fingerprint density at radius 1 is 1.56 bits per heavy atom. The van der Waals surface area contributed by atoms with Gasteiger partial charge in [-0.25, -0.2) is 0 Å². The van der Waals surface area contributed by atoms with Gasteiger partial charge in [-0.3, -0.25) is 4.90 Å². The van der Waals surface area contributed by atoms with Gasteiger partial charge in [0.15, 0.2) is 0 Å². The first-order valence-corrected chi connectivity index (χ1v) is 6.47. The second kappa shape index (κ2) is 4.34. The fourth-order valence-electron chi connectivity index (χ4n) is 3.11. The first-order chi connectivity index (χ1) is 8.76. The van der Waals surface area contributed by atoms with Crippen molar-refractivity contribution < 1.29 is 0 Å². The summed E-state index contributed by atoms with van der Waals surface area (Å²) in [4.78, 5) is 2.44. The molecule has 0 saturated heterocycles. The van der Waals surface area contributed by atoms with E-state index in [0.717, 1.165) is 44.7 Å². The summed E-state index contributed by atoms with van der Waals surface area (Å²) in [6.45, 7) is 2.84. The van der Waals surface area contributed by atoms with Crippen molar-refractivity contribution in [1.82, 2.24) is 25.0 Å². The SMILES string of the molecule is CNC1(C#N)CCC(N2CCn3cnnc3C2)C1. The Balaban J connectivity index is 1.70. The van der Waals surface area contributed by atoms with E-state index in [1.165, 1.54) is 0 Å². The summed E-state index contributed by atoms with van der Waals surface area (Å²) in [5.74, 6) is 1.04. The smallest absolute Gasteiger partial charge is 0.147 e. The van der Waals surface area contributed by atoms with Crippen molar-refractivity contribution in [2.75, 3.05) is 13.6 Å². The molecule has 0 bridgehead atoms. The highest BCUT2D eigenvalue weighted by Crippen LogP contribution is 2.33. The Labute approximate surface area is 107 Å². The quantitative estimate of drug-likeness (QED) is 0.803. The third-order valence-electron chi connectivity index (χ3n) is 4.37. The molecule has 3 rings (SSSR count).